The lowest BCUT2D eigenvalue weighted by molar-refractivity contribution is -0.149. The largest absolute Gasteiger partial charge is 0.496 e. The highest BCUT2D eigenvalue weighted by Gasteiger charge is 2.67. The number of benzene rings is 1. The van der Waals surface area contributed by atoms with Crippen molar-refractivity contribution >= 4 is 11.9 Å². The van der Waals surface area contributed by atoms with Gasteiger partial charge in [-0.1, -0.05) is 6.07 Å². The van der Waals surface area contributed by atoms with Crippen LogP contribution in [0.25, 0.3) is 0 Å². The Morgan fingerprint density at radius 1 is 1.07 bits per heavy atom. The first-order valence-electron chi connectivity index (χ1n) is 10.6. The summed E-state index contributed by atoms with van der Waals surface area (Å²) in [5, 5.41) is 0. The van der Waals surface area contributed by atoms with Gasteiger partial charge in [0.15, 0.2) is 11.5 Å². The van der Waals surface area contributed by atoms with E-state index in [1.165, 1.54) is 19.3 Å². The van der Waals surface area contributed by atoms with Gasteiger partial charge in [0.05, 0.1) is 7.11 Å². The SMILES string of the molecule is COc1ccc(C2(C34CC5CC(CC(C5)C3)C4)N=C(N)N(C)C2=O)c(C)c1C. The predicted octanol–water partition coefficient (Wildman–Crippen LogP) is 3.51. The Hall–Kier alpha value is -2.04. The van der Waals surface area contributed by atoms with Crippen molar-refractivity contribution in [3.05, 3.63) is 28.8 Å². The van der Waals surface area contributed by atoms with E-state index in [0.29, 0.717) is 5.96 Å². The quantitative estimate of drug-likeness (QED) is 0.871. The van der Waals surface area contributed by atoms with E-state index in [1.54, 1.807) is 19.1 Å². The molecule has 4 aliphatic carbocycles. The third-order valence-corrected chi connectivity index (χ3v) is 8.39. The maximum atomic E-state index is 13.9. The summed E-state index contributed by atoms with van der Waals surface area (Å²) in [6.45, 7) is 4.17. The lowest BCUT2D eigenvalue weighted by Crippen LogP contribution is -2.59. The van der Waals surface area contributed by atoms with Gasteiger partial charge >= 0.3 is 0 Å². The first-order chi connectivity index (χ1) is 13.3. The molecule has 1 heterocycles. The standard InChI is InChI=1S/C23H31N3O2/c1-13-14(2)19(28-4)6-5-18(13)23(20(27)26(3)21(24)25-23)22-10-15-7-16(11-22)9-17(8-15)12-22/h5-6,15-17H,7-12H2,1-4H3,(H2,24,25). The summed E-state index contributed by atoms with van der Waals surface area (Å²) in [5.74, 6) is 3.47. The molecule has 2 N–H and O–H groups in total. The zero-order chi connectivity index (χ0) is 19.8. The van der Waals surface area contributed by atoms with Gasteiger partial charge in [0.1, 0.15) is 5.75 Å². The normalized spacial score (nSPS) is 38.9. The first-order valence-corrected chi connectivity index (χ1v) is 10.6. The molecule has 4 bridgehead atoms. The summed E-state index contributed by atoms with van der Waals surface area (Å²) in [7, 11) is 3.47. The molecule has 6 rings (SSSR count). The molecule has 0 spiro atoms. The number of nitrogens with two attached hydrogens (primary N) is 1. The van der Waals surface area contributed by atoms with E-state index in [0.717, 1.165) is 59.5 Å². The second kappa shape index (κ2) is 5.74. The second-order valence-electron chi connectivity index (χ2n) is 9.81. The van der Waals surface area contributed by atoms with Crippen LogP contribution in [0, 0.1) is 37.0 Å². The van der Waals surface area contributed by atoms with Crippen LogP contribution in [0.5, 0.6) is 5.75 Å². The van der Waals surface area contributed by atoms with Crippen molar-refractivity contribution in [3.8, 4) is 5.75 Å². The third kappa shape index (κ3) is 2.08. The molecule has 150 valence electrons. The van der Waals surface area contributed by atoms with Crippen LogP contribution in [0.15, 0.2) is 17.1 Å². The van der Waals surface area contributed by atoms with Crippen LogP contribution in [-0.2, 0) is 10.3 Å². The highest BCUT2D eigenvalue weighted by Crippen LogP contribution is 2.68. The van der Waals surface area contributed by atoms with Crippen LogP contribution in [-0.4, -0.2) is 30.9 Å². The topological polar surface area (TPSA) is 67.9 Å². The fourth-order valence-electron chi connectivity index (χ4n) is 7.41. The number of guanidine groups is 1. The van der Waals surface area contributed by atoms with Crippen molar-refractivity contribution < 1.29 is 9.53 Å². The van der Waals surface area contributed by atoms with Gasteiger partial charge in [-0.2, -0.15) is 0 Å². The smallest absolute Gasteiger partial charge is 0.262 e. The van der Waals surface area contributed by atoms with Crippen LogP contribution in [0.3, 0.4) is 0 Å². The molecule has 28 heavy (non-hydrogen) atoms. The van der Waals surface area contributed by atoms with Gasteiger partial charge in [-0.15, -0.1) is 0 Å². The Labute approximate surface area is 167 Å². The summed E-state index contributed by atoms with van der Waals surface area (Å²) in [6, 6.07) is 4.07. The molecule has 1 atom stereocenters. The molecule has 4 saturated carbocycles. The molecule has 1 aliphatic heterocycles. The van der Waals surface area contributed by atoms with E-state index in [2.05, 4.69) is 19.9 Å². The Morgan fingerprint density at radius 2 is 1.64 bits per heavy atom. The monoisotopic (exact) mass is 381 g/mol. The van der Waals surface area contributed by atoms with Gasteiger partial charge in [0, 0.05) is 12.5 Å². The third-order valence-electron chi connectivity index (χ3n) is 8.39. The highest BCUT2D eigenvalue weighted by atomic mass is 16.5. The number of carbonyl (C=O) groups excluding carboxylic acids is 1. The molecule has 5 aliphatic rings. The number of rotatable bonds is 3. The molecule has 0 saturated heterocycles. The number of likely N-dealkylation sites (N-methyl/N-ethyl adjacent to an activating group) is 1. The number of methoxy groups -OCH3 is 1. The fraction of sp³-hybridized carbons (Fsp3) is 0.652. The van der Waals surface area contributed by atoms with Gasteiger partial charge in [-0.05, 0) is 92.9 Å². The summed E-state index contributed by atoms with van der Waals surface area (Å²) in [6.07, 6.45) is 7.29. The zero-order valence-electron chi connectivity index (χ0n) is 17.4. The Balaban J connectivity index is 1.76. The minimum absolute atomic E-state index is 0.0552. The maximum Gasteiger partial charge on any atom is 0.262 e. The van der Waals surface area contributed by atoms with E-state index in [4.69, 9.17) is 15.5 Å². The number of hydrogen-bond donors (Lipinski definition) is 1. The van der Waals surface area contributed by atoms with Crippen molar-refractivity contribution in [3.63, 3.8) is 0 Å². The van der Waals surface area contributed by atoms with Gasteiger partial charge < -0.3 is 10.5 Å². The molecular weight excluding hydrogens is 350 g/mol. The lowest BCUT2D eigenvalue weighted by atomic mass is 9.43. The molecule has 4 fully saturated rings. The molecule has 5 heteroatoms. The van der Waals surface area contributed by atoms with Crippen molar-refractivity contribution in [2.45, 2.75) is 57.9 Å². The number of amides is 1. The molecule has 5 nitrogen and oxygen atoms in total. The van der Waals surface area contributed by atoms with Crippen LogP contribution in [0.2, 0.25) is 0 Å². The highest BCUT2D eigenvalue weighted by molar-refractivity contribution is 6.07. The average Bonchev–Trinajstić information content (AvgIpc) is 2.88. The van der Waals surface area contributed by atoms with Gasteiger partial charge in [0.25, 0.3) is 5.91 Å². The summed E-state index contributed by atoms with van der Waals surface area (Å²) in [5.41, 5.74) is 8.50. The number of ether oxygens (including phenoxy) is 1. The van der Waals surface area contributed by atoms with Gasteiger partial charge in [-0.25, -0.2) is 4.99 Å². The Bertz CT molecular complexity index is 855. The first kappa shape index (κ1) is 18.0. The summed E-state index contributed by atoms with van der Waals surface area (Å²) >= 11 is 0. The van der Waals surface area contributed by atoms with E-state index in [-0.39, 0.29) is 11.3 Å². The number of nitrogens with zero attached hydrogens (tertiary/aromatic N) is 2. The molecule has 0 radical (unpaired) electrons. The molecule has 1 aromatic carbocycles. The van der Waals surface area contributed by atoms with Crippen molar-refractivity contribution in [1.29, 1.82) is 0 Å². The lowest BCUT2D eigenvalue weighted by Gasteiger charge is -2.61. The average molecular weight is 382 g/mol. The predicted molar refractivity (Wildman–Crippen MR) is 109 cm³/mol. The molecular formula is C23H31N3O2. The minimum atomic E-state index is -0.886. The Kier molecular flexibility index (Phi) is 3.69. The van der Waals surface area contributed by atoms with E-state index in [9.17, 15) is 4.79 Å². The number of hydrogen-bond acceptors (Lipinski definition) is 4. The van der Waals surface area contributed by atoms with Crippen LogP contribution >= 0.6 is 0 Å². The van der Waals surface area contributed by atoms with Crippen molar-refractivity contribution in [1.82, 2.24) is 4.90 Å². The Morgan fingerprint density at radius 3 is 2.11 bits per heavy atom. The van der Waals surface area contributed by atoms with Crippen molar-refractivity contribution in [2.75, 3.05) is 14.2 Å². The summed E-state index contributed by atoms with van der Waals surface area (Å²) in [4.78, 5) is 20.5. The number of aliphatic imine (C=N–C) groups is 1. The maximum absolute atomic E-state index is 13.9. The number of carbonyl (C=O) groups is 1. The van der Waals surface area contributed by atoms with E-state index >= 15 is 0 Å². The van der Waals surface area contributed by atoms with E-state index in [1.807, 2.05) is 6.07 Å². The van der Waals surface area contributed by atoms with Gasteiger partial charge in [0.2, 0.25) is 0 Å². The zero-order valence-corrected chi connectivity index (χ0v) is 17.4. The molecule has 1 aromatic rings. The van der Waals surface area contributed by atoms with Crippen LogP contribution in [0.4, 0.5) is 0 Å². The van der Waals surface area contributed by atoms with Gasteiger partial charge in [-0.3, -0.25) is 9.69 Å². The fourth-order valence-corrected chi connectivity index (χ4v) is 7.41. The summed E-state index contributed by atoms with van der Waals surface area (Å²) < 4.78 is 5.54. The minimum Gasteiger partial charge on any atom is -0.496 e. The second-order valence-corrected chi connectivity index (χ2v) is 9.81. The van der Waals surface area contributed by atoms with E-state index < -0.39 is 5.54 Å². The van der Waals surface area contributed by atoms with Crippen LogP contribution in [0.1, 0.15) is 55.2 Å². The molecule has 1 unspecified atom stereocenters. The molecule has 0 aromatic heterocycles. The molecule has 1 amide bonds. The van der Waals surface area contributed by atoms with Crippen LogP contribution < -0.4 is 10.5 Å². The van der Waals surface area contributed by atoms with Crippen molar-refractivity contribution in [2.24, 2.45) is 33.9 Å².